The van der Waals surface area contributed by atoms with Gasteiger partial charge in [0.2, 0.25) is 18.5 Å². The van der Waals surface area contributed by atoms with Crippen LogP contribution in [-0.4, -0.2) is 17.1 Å². The second kappa shape index (κ2) is 3.29. The van der Waals surface area contributed by atoms with Crippen molar-refractivity contribution in [1.82, 2.24) is 4.90 Å². The van der Waals surface area contributed by atoms with Gasteiger partial charge in [-0.15, -0.1) is 0 Å². The van der Waals surface area contributed by atoms with E-state index < -0.39 is 24.7 Å². The topological polar surface area (TPSA) is 33.5 Å². The fourth-order valence-electron chi connectivity index (χ4n) is 1.63. The average molecular weight is 219 g/mol. The van der Waals surface area contributed by atoms with Crippen LogP contribution in [0.3, 0.4) is 0 Å². The molecule has 0 aliphatic carbocycles. The maximum atomic E-state index is 13.6. The Hall–Kier alpha value is -1.46. The molecule has 2 heterocycles. The van der Waals surface area contributed by atoms with Crippen molar-refractivity contribution in [2.75, 3.05) is 0 Å². The van der Waals surface area contributed by atoms with Crippen LogP contribution in [0.15, 0.2) is 16.7 Å². The van der Waals surface area contributed by atoms with E-state index in [-0.39, 0.29) is 16.2 Å². The molecule has 3 atom stereocenters. The van der Waals surface area contributed by atoms with Crippen LogP contribution < -0.4 is 0 Å². The number of hydrogen-bond donors (Lipinski definition) is 0. The first-order chi connectivity index (χ1) is 7.04. The molecule has 0 N–H and O–H groups in total. The first-order valence-corrected chi connectivity index (χ1v) is 4.32. The van der Waals surface area contributed by atoms with Crippen LogP contribution in [0.2, 0.25) is 0 Å². The summed E-state index contributed by atoms with van der Waals surface area (Å²) in [4.78, 5) is 11.1. The molecule has 0 saturated carbocycles. The second-order valence-corrected chi connectivity index (χ2v) is 3.28. The zero-order valence-electron chi connectivity index (χ0n) is 7.78. The third-order valence-corrected chi connectivity index (χ3v) is 2.36. The van der Waals surface area contributed by atoms with Gasteiger partial charge in [-0.2, -0.15) is 0 Å². The van der Waals surface area contributed by atoms with E-state index in [2.05, 4.69) is 0 Å². The smallest absolute Gasteiger partial charge is 0.235 e. The number of furan rings is 1. The van der Waals surface area contributed by atoms with Gasteiger partial charge in [0.1, 0.15) is 0 Å². The van der Waals surface area contributed by atoms with Crippen LogP contribution in [0.5, 0.6) is 0 Å². The van der Waals surface area contributed by atoms with Crippen molar-refractivity contribution >= 4 is 5.91 Å². The van der Waals surface area contributed by atoms with Gasteiger partial charge in [0.15, 0.2) is 11.9 Å². The van der Waals surface area contributed by atoms with Crippen LogP contribution >= 0.6 is 0 Å². The highest BCUT2D eigenvalue weighted by Crippen LogP contribution is 2.42. The van der Waals surface area contributed by atoms with Gasteiger partial charge in [0, 0.05) is 12.5 Å². The van der Waals surface area contributed by atoms with Gasteiger partial charge >= 0.3 is 0 Å². The molecule has 3 nitrogen and oxygen atoms in total. The molecule has 0 fully saturated rings. The molecular formula is C9H8F3NO2. The van der Waals surface area contributed by atoms with Gasteiger partial charge in [0.05, 0.1) is 6.26 Å². The number of halogens is 3. The normalized spacial score (nSPS) is 30.1. The summed E-state index contributed by atoms with van der Waals surface area (Å²) in [7, 11) is 0. The van der Waals surface area contributed by atoms with E-state index in [0.29, 0.717) is 0 Å². The SMILES string of the molecule is CC(=O)N1C(F)c2occc2C(F)C1F. The van der Waals surface area contributed by atoms with Crippen molar-refractivity contribution < 1.29 is 22.4 Å². The summed E-state index contributed by atoms with van der Waals surface area (Å²) in [5, 5.41) is 0. The van der Waals surface area contributed by atoms with E-state index in [9.17, 15) is 18.0 Å². The predicted molar refractivity (Wildman–Crippen MR) is 43.8 cm³/mol. The molecule has 15 heavy (non-hydrogen) atoms. The van der Waals surface area contributed by atoms with Crippen LogP contribution in [-0.2, 0) is 4.79 Å². The Kier molecular flexibility index (Phi) is 2.21. The number of carbonyl (C=O) groups is 1. The van der Waals surface area contributed by atoms with Crippen LogP contribution in [0, 0.1) is 0 Å². The Morgan fingerprint density at radius 1 is 1.47 bits per heavy atom. The zero-order valence-corrected chi connectivity index (χ0v) is 7.78. The highest BCUT2D eigenvalue weighted by atomic mass is 19.2. The predicted octanol–water partition coefficient (Wildman–Crippen LogP) is 2.42. The van der Waals surface area contributed by atoms with Crippen LogP contribution in [0.25, 0.3) is 0 Å². The van der Waals surface area contributed by atoms with E-state index in [1.807, 2.05) is 0 Å². The van der Waals surface area contributed by atoms with Gasteiger partial charge in [-0.1, -0.05) is 0 Å². The van der Waals surface area contributed by atoms with Crippen molar-refractivity contribution in [3.05, 3.63) is 23.7 Å². The third kappa shape index (κ3) is 1.32. The summed E-state index contributed by atoms with van der Waals surface area (Å²) in [5.74, 6) is -1.22. The van der Waals surface area contributed by atoms with Crippen molar-refractivity contribution in [3.63, 3.8) is 0 Å². The largest absolute Gasteiger partial charge is 0.464 e. The number of fused-ring (bicyclic) bond motifs is 1. The Bertz CT molecular complexity index is 392. The molecule has 3 unspecified atom stereocenters. The molecule has 0 radical (unpaired) electrons. The second-order valence-electron chi connectivity index (χ2n) is 3.28. The maximum absolute atomic E-state index is 13.6. The molecule has 0 saturated heterocycles. The summed E-state index contributed by atoms with van der Waals surface area (Å²) in [5.41, 5.74) is -0.174. The molecule has 1 aliphatic rings. The number of amides is 1. The van der Waals surface area contributed by atoms with Crippen molar-refractivity contribution in [1.29, 1.82) is 0 Å². The van der Waals surface area contributed by atoms with Crippen LogP contribution in [0.4, 0.5) is 13.2 Å². The molecular weight excluding hydrogens is 211 g/mol. The van der Waals surface area contributed by atoms with E-state index in [0.717, 1.165) is 19.3 Å². The first kappa shape index (κ1) is 10.1. The Balaban J connectivity index is 2.47. The molecule has 0 aromatic carbocycles. The van der Waals surface area contributed by atoms with Crippen molar-refractivity contribution in [3.8, 4) is 0 Å². The van der Waals surface area contributed by atoms with Gasteiger partial charge in [0.25, 0.3) is 0 Å². The molecule has 1 aromatic rings. The summed E-state index contributed by atoms with van der Waals surface area (Å²) in [6, 6.07) is 1.16. The monoisotopic (exact) mass is 219 g/mol. The van der Waals surface area contributed by atoms with E-state index in [1.54, 1.807) is 0 Å². The standard InChI is InChI=1S/C9H8F3NO2/c1-4(14)13-8(11)6(10)5-2-3-15-7(5)9(13)12/h2-3,6,8-9H,1H3. The minimum Gasteiger partial charge on any atom is -0.464 e. The lowest BCUT2D eigenvalue weighted by Gasteiger charge is -2.33. The minimum atomic E-state index is -2.30. The van der Waals surface area contributed by atoms with Gasteiger partial charge in [-0.05, 0) is 6.07 Å². The molecule has 1 aliphatic heterocycles. The Morgan fingerprint density at radius 3 is 2.73 bits per heavy atom. The maximum Gasteiger partial charge on any atom is 0.235 e. The molecule has 0 spiro atoms. The minimum absolute atomic E-state index is 0.174. The van der Waals surface area contributed by atoms with Crippen LogP contribution in [0.1, 0.15) is 30.7 Å². The molecule has 0 bridgehead atoms. The number of hydrogen-bond acceptors (Lipinski definition) is 2. The van der Waals surface area contributed by atoms with Gasteiger partial charge in [-0.3, -0.25) is 9.69 Å². The lowest BCUT2D eigenvalue weighted by molar-refractivity contribution is -0.154. The third-order valence-electron chi connectivity index (χ3n) is 2.36. The van der Waals surface area contributed by atoms with Crippen molar-refractivity contribution in [2.24, 2.45) is 0 Å². The molecule has 2 rings (SSSR count). The summed E-state index contributed by atoms with van der Waals surface area (Å²) in [6.45, 7) is 0.972. The fourth-order valence-corrected chi connectivity index (χ4v) is 1.63. The summed E-state index contributed by atoms with van der Waals surface area (Å²) in [6.07, 6.45) is -5.35. The number of carbonyl (C=O) groups excluding carboxylic acids is 1. The molecule has 1 aromatic heterocycles. The lowest BCUT2D eigenvalue weighted by Crippen LogP contribution is -2.43. The fraction of sp³-hybridized carbons (Fsp3) is 0.444. The lowest BCUT2D eigenvalue weighted by atomic mass is 10.0. The zero-order chi connectivity index (χ0) is 11.2. The highest BCUT2D eigenvalue weighted by molar-refractivity contribution is 5.74. The Labute approximate surface area is 83.5 Å². The quantitative estimate of drug-likeness (QED) is 0.628. The van der Waals surface area contributed by atoms with Gasteiger partial charge < -0.3 is 4.42 Å². The average Bonchev–Trinajstić information content (AvgIpc) is 2.62. The summed E-state index contributed by atoms with van der Waals surface area (Å²) >= 11 is 0. The number of alkyl halides is 3. The molecule has 1 amide bonds. The first-order valence-electron chi connectivity index (χ1n) is 4.32. The van der Waals surface area contributed by atoms with E-state index in [4.69, 9.17) is 4.42 Å². The summed E-state index contributed by atoms with van der Waals surface area (Å²) < 4.78 is 45.0. The number of nitrogens with zero attached hydrogens (tertiary/aromatic N) is 1. The van der Waals surface area contributed by atoms with Crippen molar-refractivity contribution in [2.45, 2.75) is 25.7 Å². The van der Waals surface area contributed by atoms with E-state index >= 15 is 0 Å². The number of rotatable bonds is 0. The highest BCUT2D eigenvalue weighted by Gasteiger charge is 2.45. The molecule has 6 heteroatoms. The molecule has 82 valence electrons. The van der Waals surface area contributed by atoms with E-state index in [1.165, 1.54) is 0 Å². The van der Waals surface area contributed by atoms with Gasteiger partial charge in [-0.25, -0.2) is 13.2 Å². The Morgan fingerprint density at radius 2 is 2.13 bits per heavy atom.